The van der Waals surface area contributed by atoms with Crippen molar-refractivity contribution in [1.29, 1.82) is 0 Å². The van der Waals surface area contributed by atoms with E-state index < -0.39 is 28.2 Å². The van der Waals surface area contributed by atoms with E-state index in [-0.39, 0.29) is 22.5 Å². The number of halogens is 1. The summed E-state index contributed by atoms with van der Waals surface area (Å²) in [5.74, 6) is -1.94. The zero-order valence-corrected chi connectivity index (χ0v) is 14.2. The molecule has 7 heteroatoms. The van der Waals surface area contributed by atoms with Crippen LogP contribution in [0.15, 0.2) is 59.0 Å². The summed E-state index contributed by atoms with van der Waals surface area (Å²) in [6, 6.07) is 10.9. The molecule has 0 radical (unpaired) electrons. The van der Waals surface area contributed by atoms with Crippen LogP contribution in [0.3, 0.4) is 0 Å². The Hall–Kier alpha value is -2.51. The summed E-state index contributed by atoms with van der Waals surface area (Å²) in [7, 11) is -3.40. The Kier molecular flexibility index (Phi) is 5.71. The summed E-state index contributed by atoms with van der Waals surface area (Å²) in [6.45, 7) is -0.407. The highest BCUT2D eigenvalue weighted by atomic mass is 32.2. The van der Waals surface area contributed by atoms with Crippen LogP contribution < -0.4 is 5.11 Å². The molecule has 132 valence electrons. The molecular formula is C18H16FO5S-. The maximum Gasteiger partial charge on any atom is 0.175 e. The lowest BCUT2D eigenvalue weighted by Gasteiger charge is -2.17. The number of carbonyl (C=O) groups excluding carboxylic acids is 1. The molecule has 0 fully saturated rings. The SMILES string of the molecule is CS(=O)(=O)c1ccc(/C(=C(\CCO)C(=O)[O-])c2ccc(F)cc2)cc1. The van der Waals surface area contributed by atoms with Crippen LogP contribution >= 0.6 is 0 Å². The molecule has 0 aromatic heterocycles. The minimum Gasteiger partial charge on any atom is -0.545 e. The average Bonchev–Trinajstić information content (AvgIpc) is 2.55. The van der Waals surface area contributed by atoms with Crippen LogP contribution in [0.2, 0.25) is 0 Å². The number of aliphatic carboxylic acids is 1. The molecule has 0 bridgehead atoms. The van der Waals surface area contributed by atoms with Gasteiger partial charge in [0, 0.05) is 12.9 Å². The molecule has 0 amide bonds. The summed E-state index contributed by atoms with van der Waals surface area (Å²) < 4.78 is 36.3. The number of carboxylic acid groups (broad SMARTS) is 1. The van der Waals surface area contributed by atoms with Crippen LogP contribution in [0.4, 0.5) is 4.39 Å². The molecule has 0 spiro atoms. The fourth-order valence-electron chi connectivity index (χ4n) is 2.44. The fraction of sp³-hybridized carbons (Fsp3) is 0.167. The van der Waals surface area contributed by atoms with Crippen molar-refractivity contribution < 1.29 is 27.8 Å². The fourth-order valence-corrected chi connectivity index (χ4v) is 3.07. The Morgan fingerprint density at radius 2 is 1.52 bits per heavy atom. The third-order valence-electron chi connectivity index (χ3n) is 3.61. The molecule has 0 heterocycles. The van der Waals surface area contributed by atoms with Crippen molar-refractivity contribution in [1.82, 2.24) is 0 Å². The highest BCUT2D eigenvalue weighted by Gasteiger charge is 2.15. The molecule has 25 heavy (non-hydrogen) atoms. The summed E-state index contributed by atoms with van der Waals surface area (Å²) in [4.78, 5) is 11.6. The van der Waals surface area contributed by atoms with Gasteiger partial charge in [-0.1, -0.05) is 24.3 Å². The van der Waals surface area contributed by atoms with E-state index in [9.17, 15) is 22.7 Å². The van der Waals surface area contributed by atoms with Gasteiger partial charge in [-0.3, -0.25) is 0 Å². The number of hydrogen-bond donors (Lipinski definition) is 1. The van der Waals surface area contributed by atoms with Crippen molar-refractivity contribution in [3.63, 3.8) is 0 Å². The number of benzene rings is 2. The van der Waals surface area contributed by atoms with Crippen LogP contribution in [-0.4, -0.2) is 32.4 Å². The molecule has 0 atom stereocenters. The molecule has 2 aromatic rings. The summed E-state index contributed by atoms with van der Waals surface area (Å²) >= 11 is 0. The number of carboxylic acids is 1. The van der Waals surface area contributed by atoms with E-state index in [1.807, 2.05) is 0 Å². The minimum absolute atomic E-state index is 0.0897. The number of sulfone groups is 1. The van der Waals surface area contributed by atoms with E-state index >= 15 is 0 Å². The Morgan fingerprint density at radius 1 is 1.04 bits per heavy atom. The summed E-state index contributed by atoms with van der Waals surface area (Å²) in [6.07, 6.45) is 0.903. The lowest BCUT2D eigenvalue weighted by molar-refractivity contribution is -0.299. The van der Waals surface area contributed by atoms with Crippen LogP contribution in [0.1, 0.15) is 17.5 Å². The van der Waals surface area contributed by atoms with Gasteiger partial charge in [-0.05, 0) is 53.0 Å². The lowest BCUT2D eigenvalue weighted by Crippen LogP contribution is -2.26. The van der Waals surface area contributed by atoms with Crippen molar-refractivity contribution >= 4 is 21.4 Å². The second-order valence-corrected chi connectivity index (χ2v) is 7.43. The van der Waals surface area contributed by atoms with E-state index in [1.54, 1.807) is 0 Å². The molecule has 0 unspecified atom stereocenters. The van der Waals surface area contributed by atoms with Gasteiger partial charge in [0.1, 0.15) is 5.82 Å². The highest BCUT2D eigenvalue weighted by Crippen LogP contribution is 2.29. The van der Waals surface area contributed by atoms with Gasteiger partial charge in [-0.2, -0.15) is 0 Å². The Morgan fingerprint density at radius 3 is 1.92 bits per heavy atom. The first kappa shape index (κ1) is 18.8. The predicted octanol–water partition coefficient (Wildman–Crippen LogP) is 1.16. The normalized spacial score (nSPS) is 12.6. The topological polar surface area (TPSA) is 94.5 Å². The minimum atomic E-state index is -3.40. The van der Waals surface area contributed by atoms with E-state index in [1.165, 1.54) is 48.5 Å². The maximum atomic E-state index is 13.2. The third kappa shape index (κ3) is 4.52. The first-order chi connectivity index (χ1) is 11.7. The average molecular weight is 363 g/mol. The maximum absolute atomic E-state index is 13.2. The van der Waals surface area contributed by atoms with E-state index in [2.05, 4.69) is 0 Å². The van der Waals surface area contributed by atoms with E-state index in [0.717, 1.165) is 6.26 Å². The van der Waals surface area contributed by atoms with Crippen LogP contribution in [0.5, 0.6) is 0 Å². The predicted molar refractivity (Wildman–Crippen MR) is 88.7 cm³/mol. The Labute approximate surface area is 145 Å². The Bertz CT molecular complexity index is 897. The zero-order chi connectivity index (χ0) is 18.6. The van der Waals surface area contributed by atoms with Gasteiger partial charge in [0.15, 0.2) is 9.84 Å². The van der Waals surface area contributed by atoms with Crippen molar-refractivity contribution in [2.75, 3.05) is 12.9 Å². The lowest BCUT2D eigenvalue weighted by atomic mass is 9.91. The number of rotatable bonds is 6. The first-order valence-corrected chi connectivity index (χ1v) is 9.25. The summed E-state index contributed by atoms with van der Waals surface area (Å²) in [5, 5.41) is 20.7. The number of hydrogen-bond acceptors (Lipinski definition) is 5. The van der Waals surface area contributed by atoms with Gasteiger partial charge < -0.3 is 15.0 Å². The van der Waals surface area contributed by atoms with Crippen LogP contribution in [0.25, 0.3) is 5.57 Å². The van der Waals surface area contributed by atoms with Crippen molar-refractivity contribution in [2.24, 2.45) is 0 Å². The monoisotopic (exact) mass is 363 g/mol. The highest BCUT2D eigenvalue weighted by molar-refractivity contribution is 7.90. The van der Waals surface area contributed by atoms with Gasteiger partial charge in [0.2, 0.25) is 0 Å². The van der Waals surface area contributed by atoms with Crippen LogP contribution in [-0.2, 0) is 14.6 Å². The molecule has 0 aliphatic carbocycles. The van der Waals surface area contributed by atoms with Gasteiger partial charge >= 0.3 is 0 Å². The van der Waals surface area contributed by atoms with Gasteiger partial charge in [0.05, 0.1) is 10.9 Å². The van der Waals surface area contributed by atoms with Crippen molar-refractivity contribution in [3.05, 3.63) is 71.0 Å². The second kappa shape index (κ2) is 7.58. The molecule has 2 rings (SSSR count). The van der Waals surface area contributed by atoms with Crippen molar-refractivity contribution in [3.8, 4) is 0 Å². The molecular weight excluding hydrogens is 347 g/mol. The van der Waals surface area contributed by atoms with E-state index in [4.69, 9.17) is 5.11 Å². The second-order valence-electron chi connectivity index (χ2n) is 5.42. The van der Waals surface area contributed by atoms with Crippen molar-refractivity contribution in [2.45, 2.75) is 11.3 Å². The molecule has 0 saturated heterocycles. The molecule has 2 aromatic carbocycles. The largest absolute Gasteiger partial charge is 0.545 e. The number of aliphatic hydroxyl groups is 1. The quantitative estimate of drug-likeness (QED) is 0.778. The van der Waals surface area contributed by atoms with Gasteiger partial charge in [-0.25, -0.2) is 12.8 Å². The molecule has 1 N–H and O–H groups in total. The number of carbonyl (C=O) groups is 1. The molecule has 0 aliphatic heterocycles. The van der Waals surface area contributed by atoms with Gasteiger partial charge in [-0.15, -0.1) is 0 Å². The van der Waals surface area contributed by atoms with E-state index in [0.29, 0.717) is 11.1 Å². The Balaban J connectivity index is 2.68. The molecule has 0 saturated carbocycles. The summed E-state index contributed by atoms with van der Waals surface area (Å²) in [5.41, 5.74) is 0.933. The molecule has 0 aliphatic rings. The zero-order valence-electron chi connectivity index (χ0n) is 13.4. The smallest absolute Gasteiger partial charge is 0.175 e. The standard InChI is InChI=1S/C18H17FO5S/c1-25(23,24)15-8-4-13(5-9-15)17(16(10-11-20)18(21)22)12-2-6-14(19)7-3-12/h2-9,20H,10-11H2,1H3,(H,21,22)/p-1/b17-16+. The van der Waals surface area contributed by atoms with Gasteiger partial charge in [0.25, 0.3) is 0 Å². The molecule has 5 nitrogen and oxygen atoms in total. The first-order valence-electron chi connectivity index (χ1n) is 7.36. The number of aliphatic hydroxyl groups excluding tert-OH is 1. The van der Waals surface area contributed by atoms with Crippen LogP contribution in [0, 0.1) is 5.82 Å². The third-order valence-corrected chi connectivity index (χ3v) is 4.74.